The highest BCUT2D eigenvalue weighted by Crippen LogP contribution is 2.22. The van der Waals surface area contributed by atoms with Gasteiger partial charge < -0.3 is 15.2 Å². The Bertz CT molecular complexity index is 1270. The second kappa shape index (κ2) is 11.1. The van der Waals surface area contributed by atoms with Crippen molar-refractivity contribution in [1.82, 2.24) is 14.9 Å². The third-order valence-corrected chi connectivity index (χ3v) is 6.31. The van der Waals surface area contributed by atoms with Crippen LogP contribution < -0.4 is 10.2 Å². The lowest BCUT2D eigenvalue weighted by Gasteiger charge is -2.34. The fourth-order valence-electron chi connectivity index (χ4n) is 4.42. The summed E-state index contributed by atoms with van der Waals surface area (Å²) < 4.78 is 0. The molecule has 5 rings (SSSR count). The summed E-state index contributed by atoms with van der Waals surface area (Å²) in [4.78, 5) is 37.4. The summed E-state index contributed by atoms with van der Waals surface area (Å²) in [7, 11) is 0. The molecular weight excluding hydrogens is 462 g/mol. The molecule has 1 aliphatic heterocycles. The first kappa shape index (κ1) is 24.3. The van der Waals surface area contributed by atoms with Gasteiger partial charge in [-0.25, -0.2) is 0 Å². The Morgan fingerprint density at radius 3 is 2.49 bits per heavy atom. The molecular formula is C27H28ClN5O2. The van der Waals surface area contributed by atoms with E-state index in [9.17, 15) is 9.59 Å². The highest BCUT2D eigenvalue weighted by Gasteiger charge is 2.27. The van der Waals surface area contributed by atoms with Crippen molar-refractivity contribution in [3.8, 4) is 0 Å². The lowest BCUT2D eigenvalue weighted by Crippen LogP contribution is -2.47. The van der Waals surface area contributed by atoms with Gasteiger partial charge in [0.25, 0.3) is 5.91 Å². The summed E-state index contributed by atoms with van der Waals surface area (Å²) in [6.45, 7) is 1.33. The van der Waals surface area contributed by atoms with Crippen molar-refractivity contribution in [2.75, 3.05) is 29.9 Å². The number of hydrogen-bond donors (Lipinski definition) is 2. The average molecular weight is 490 g/mol. The Labute approximate surface area is 210 Å². The number of carbonyl (C=O) groups excluding carboxylic acids is 2. The van der Waals surface area contributed by atoms with Gasteiger partial charge in [-0.3, -0.25) is 19.5 Å². The van der Waals surface area contributed by atoms with E-state index in [2.05, 4.69) is 15.3 Å². The number of likely N-dealkylation sites (tertiary alicyclic amines) is 1. The fraction of sp³-hybridized carbons (Fsp3) is 0.222. The quantitative estimate of drug-likeness (QED) is 0.410. The van der Waals surface area contributed by atoms with Crippen molar-refractivity contribution in [2.24, 2.45) is 0 Å². The second-order valence-electron chi connectivity index (χ2n) is 8.54. The van der Waals surface area contributed by atoms with Crippen molar-refractivity contribution in [3.63, 3.8) is 0 Å². The van der Waals surface area contributed by atoms with Crippen LogP contribution in [0, 0.1) is 0 Å². The molecule has 2 aromatic heterocycles. The molecule has 0 atom stereocenters. The van der Waals surface area contributed by atoms with Crippen molar-refractivity contribution in [2.45, 2.75) is 18.9 Å². The zero-order chi connectivity index (χ0) is 23.3. The number of aromatic amines is 1. The molecule has 2 aromatic carbocycles. The number of pyridine rings is 1. The van der Waals surface area contributed by atoms with Crippen LogP contribution in [0.3, 0.4) is 0 Å². The van der Waals surface area contributed by atoms with Crippen molar-refractivity contribution in [1.29, 1.82) is 0 Å². The number of rotatable bonds is 6. The number of aromatic nitrogens is 2. The minimum Gasteiger partial charge on any atom is -0.382 e. The minimum atomic E-state index is -0.190. The highest BCUT2D eigenvalue weighted by atomic mass is 35.5. The summed E-state index contributed by atoms with van der Waals surface area (Å²) in [6.07, 6.45) is 7.10. The van der Waals surface area contributed by atoms with Crippen LogP contribution in [0.25, 0.3) is 10.9 Å². The number of hydrogen-bond acceptors (Lipinski definition) is 4. The topological polar surface area (TPSA) is 81.3 Å². The van der Waals surface area contributed by atoms with E-state index in [-0.39, 0.29) is 30.8 Å². The summed E-state index contributed by atoms with van der Waals surface area (Å²) >= 11 is 0. The predicted molar refractivity (Wildman–Crippen MR) is 141 cm³/mol. The average Bonchev–Trinajstić information content (AvgIpc) is 3.36. The maximum Gasteiger partial charge on any atom is 0.258 e. The molecule has 2 amide bonds. The number of H-pyrrole nitrogens is 1. The molecule has 2 N–H and O–H groups in total. The standard InChI is InChI=1S/C27H27N5O2.ClH/c33-26(31-16-11-23(12-17-31)30-22-9-13-28-14-10-22)19-32(24-4-2-1-3-5-24)27(34)21-7-6-20-8-15-29-25(20)18-21;/h1-10,13-15,18,23,29H,11-12,16-17,19H2,(H,28,30);1H. The number of fused-ring (bicyclic) bond motifs is 1. The number of nitrogens with one attached hydrogen (secondary N) is 2. The monoisotopic (exact) mass is 489 g/mol. The first-order valence-electron chi connectivity index (χ1n) is 11.6. The Morgan fingerprint density at radius 2 is 1.74 bits per heavy atom. The maximum absolute atomic E-state index is 13.5. The molecule has 0 bridgehead atoms. The normalized spacial score (nSPS) is 13.8. The van der Waals surface area contributed by atoms with Crippen LogP contribution in [0.4, 0.5) is 11.4 Å². The number of amides is 2. The van der Waals surface area contributed by atoms with E-state index < -0.39 is 0 Å². The van der Waals surface area contributed by atoms with Crippen LogP contribution in [-0.4, -0.2) is 52.4 Å². The predicted octanol–water partition coefficient (Wildman–Crippen LogP) is 4.73. The first-order chi connectivity index (χ1) is 16.7. The fourth-order valence-corrected chi connectivity index (χ4v) is 4.42. The highest BCUT2D eigenvalue weighted by molar-refractivity contribution is 6.10. The van der Waals surface area contributed by atoms with E-state index in [0.717, 1.165) is 29.4 Å². The molecule has 0 radical (unpaired) electrons. The van der Waals surface area contributed by atoms with Gasteiger partial charge in [0, 0.05) is 60.2 Å². The number of para-hydroxylation sites is 1. The van der Waals surface area contributed by atoms with E-state index in [1.165, 1.54) is 0 Å². The molecule has 0 saturated carbocycles. The molecule has 1 aliphatic rings. The number of piperidine rings is 1. The van der Waals surface area contributed by atoms with Gasteiger partial charge in [0.1, 0.15) is 6.54 Å². The second-order valence-corrected chi connectivity index (χ2v) is 8.54. The molecule has 8 heteroatoms. The van der Waals surface area contributed by atoms with Crippen LogP contribution in [0.5, 0.6) is 0 Å². The SMILES string of the molecule is Cl.O=C(CN(C(=O)c1ccc2cc[nH]c2c1)c1ccccc1)N1CCC(Nc2ccncc2)CC1. The molecule has 1 saturated heterocycles. The van der Waals surface area contributed by atoms with E-state index >= 15 is 0 Å². The van der Waals surface area contributed by atoms with Crippen molar-refractivity contribution < 1.29 is 9.59 Å². The minimum absolute atomic E-state index is 0. The van der Waals surface area contributed by atoms with Gasteiger partial charge in [-0.2, -0.15) is 0 Å². The zero-order valence-corrected chi connectivity index (χ0v) is 20.1. The van der Waals surface area contributed by atoms with E-state index in [1.807, 2.05) is 77.8 Å². The smallest absolute Gasteiger partial charge is 0.258 e. The molecule has 180 valence electrons. The summed E-state index contributed by atoms with van der Waals surface area (Å²) in [5.41, 5.74) is 3.20. The van der Waals surface area contributed by atoms with E-state index in [0.29, 0.717) is 30.4 Å². The Hall–Kier alpha value is -3.84. The molecule has 1 fully saturated rings. The number of carbonyl (C=O) groups is 2. The molecule has 3 heterocycles. The molecule has 35 heavy (non-hydrogen) atoms. The van der Waals surface area contributed by atoms with Gasteiger partial charge in [-0.1, -0.05) is 24.3 Å². The zero-order valence-electron chi connectivity index (χ0n) is 19.3. The van der Waals surface area contributed by atoms with Crippen LogP contribution in [0.2, 0.25) is 0 Å². The number of anilines is 2. The number of halogens is 1. The lowest BCUT2D eigenvalue weighted by atomic mass is 10.0. The van der Waals surface area contributed by atoms with Crippen LogP contribution in [0.15, 0.2) is 85.3 Å². The van der Waals surface area contributed by atoms with Gasteiger partial charge in [0.15, 0.2) is 0 Å². The molecule has 4 aromatic rings. The largest absolute Gasteiger partial charge is 0.382 e. The molecule has 7 nitrogen and oxygen atoms in total. The first-order valence-corrected chi connectivity index (χ1v) is 11.6. The third kappa shape index (κ3) is 5.63. The van der Waals surface area contributed by atoms with Crippen molar-refractivity contribution in [3.05, 3.63) is 90.9 Å². The molecule has 0 spiro atoms. The van der Waals surface area contributed by atoms with E-state index in [4.69, 9.17) is 0 Å². The van der Waals surface area contributed by atoms with E-state index in [1.54, 1.807) is 17.3 Å². The van der Waals surface area contributed by atoms with Gasteiger partial charge in [-0.05, 0) is 60.7 Å². The molecule has 0 aliphatic carbocycles. The lowest BCUT2D eigenvalue weighted by molar-refractivity contribution is -0.130. The van der Waals surface area contributed by atoms with Crippen LogP contribution in [-0.2, 0) is 4.79 Å². The van der Waals surface area contributed by atoms with Crippen LogP contribution in [0.1, 0.15) is 23.2 Å². The van der Waals surface area contributed by atoms with Crippen LogP contribution >= 0.6 is 12.4 Å². The van der Waals surface area contributed by atoms with Gasteiger partial charge in [-0.15, -0.1) is 12.4 Å². The van der Waals surface area contributed by atoms with Gasteiger partial charge in [0.05, 0.1) is 0 Å². The maximum atomic E-state index is 13.5. The van der Waals surface area contributed by atoms with Crippen molar-refractivity contribution >= 4 is 46.5 Å². The van der Waals surface area contributed by atoms with Gasteiger partial charge in [0.2, 0.25) is 5.91 Å². The molecule has 0 unspecified atom stereocenters. The Balaban J connectivity index is 0.00000289. The Morgan fingerprint density at radius 1 is 1.00 bits per heavy atom. The Kier molecular flexibility index (Phi) is 7.67. The number of benzene rings is 2. The third-order valence-electron chi connectivity index (χ3n) is 6.31. The summed E-state index contributed by atoms with van der Waals surface area (Å²) in [5.74, 6) is -0.231. The summed E-state index contributed by atoms with van der Waals surface area (Å²) in [5, 5.41) is 4.56. The number of nitrogens with zero attached hydrogens (tertiary/aromatic N) is 3. The van der Waals surface area contributed by atoms with Gasteiger partial charge >= 0.3 is 0 Å². The summed E-state index contributed by atoms with van der Waals surface area (Å²) in [6, 6.07) is 21.1.